The molecule has 0 atom stereocenters. The van der Waals surface area contributed by atoms with E-state index in [0.717, 1.165) is 31.8 Å². The molecule has 0 aromatic heterocycles. The molecule has 36 heavy (non-hydrogen) atoms. The second-order valence-corrected chi connectivity index (χ2v) is 13.1. The summed E-state index contributed by atoms with van der Waals surface area (Å²) in [6.45, 7) is 9.06. The normalized spacial score (nSPS) is 12.8. The van der Waals surface area contributed by atoms with Crippen molar-refractivity contribution in [2.45, 2.75) is 59.8 Å². The Kier molecular flexibility index (Phi) is 13.0. The molecule has 3 rings (SSSR count). The minimum atomic E-state index is -1.78. The summed E-state index contributed by atoms with van der Waals surface area (Å²) in [5.41, 5.74) is 4.50. The minimum absolute atomic E-state index is 0. The number of allylic oxidation sites excluding steroid dienone is 6. The van der Waals surface area contributed by atoms with E-state index in [-0.39, 0.29) is 12.4 Å². The van der Waals surface area contributed by atoms with E-state index in [0.29, 0.717) is 0 Å². The molecular formula is C34H42ClP. The van der Waals surface area contributed by atoms with E-state index < -0.39 is 7.26 Å². The van der Waals surface area contributed by atoms with Gasteiger partial charge in [0.25, 0.3) is 0 Å². The predicted octanol–water partition coefficient (Wildman–Crippen LogP) is 5.79. The molecule has 2 heteroatoms. The maximum Gasteiger partial charge on any atom is 0.115 e. The molecule has 0 saturated heterocycles. The van der Waals surface area contributed by atoms with Gasteiger partial charge in [0, 0.05) is 0 Å². The van der Waals surface area contributed by atoms with Crippen molar-refractivity contribution < 1.29 is 12.4 Å². The lowest BCUT2D eigenvalue weighted by molar-refractivity contribution is -0.00000726. The van der Waals surface area contributed by atoms with Gasteiger partial charge in [0.05, 0.1) is 6.16 Å². The quantitative estimate of drug-likeness (QED) is 0.211. The van der Waals surface area contributed by atoms with Gasteiger partial charge in [-0.1, -0.05) is 90.4 Å². The van der Waals surface area contributed by atoms with Crippen LogP contribution in [0.25, 0.3) is 0 Å². The number of halogens is 1. The molecule has 0 spiro atoms. The fraction of sp³-hybridized carbons (Fsp3) is 0.294. The highest BCUT2D eigenvalue weighted by molar-refractivity contribution is 7.95. The van der Waals surface area contributed by atoms with Gasteiger partial charge in [-0.2, -0.15) is 0 Å². The largest absolute Gasteiger partial charge is 1.00 e. The third-order valence-corrected chi connectivity index (χ3v) is 11.2. The Morgan fingerprint density at radius 3 is 1.31 bits per heavy atom. The van der Waals surface area contributed by atoms with Crippen molar-refractivity contribution in [3.8, 4) is 0 Å². The van der Waals surface area contributed by atoms with E-state index >= 15 is 0 Å². The fourth-order valence-electron chi connectivity index (χ4n) is 4.54. The van der Waals surface area contributed by atoms with Gasteiger partial charge in [-0.3, -0.25) is 0 Å². The number of hydrogen-bond donors (Lipinski definition) is 0. The van der Waals surface area contributed by atoms with Crippen molar-refractivity contribution in [1.29, 1.82) is 0 Å². The van der Waals surface area contributed by atoms with Crippen LogP contribution >= 0.6 is 7.26 Å². The summed E-state index contributed by atoms with van der Waals surface area (Å²) in [7, 11) is -1.78. The molecule has 0 N–H and O–H groups in total. The summed E-state index contributed by atoms with van der Waals surface area (Å²) in [6, 6.07) is 33.5. The summed E-state index contributed by atoms with van der Waals surface area (Å²) in [4.78, 5) is 0. The molecule has 3 aromatic rings. The lowest BCUT2D eigenvalue weighted by Gasteiger charge is -2.27. The predicted molar refractivity (Wildman–Crippen MR) is 160 cm³/mol. The Labute approximate surface area is 227 Å². The molecular weight excluding hydrogens is 475 g/mol. The van der Waals surface area contributed by atoms with Crippen LogP contribution in [0.4, 0.5) is 0 Å². The number of hydrogen-bond acceptors (Lipinski definition) is 0. The van der Waals surface area contributed by atoms with Crippen LogP contribution in [0.15, 0.2) is 126 Å². The number of rotatable bonds is 12. The second kappa shape index (κ2) is 15.7. The van der Waals surface area contributed by atoms with Gasteiger partial charge < -0.3 is 12.4 Å². The third kappa shape index (κ3) is 8.33. The molecule has 0 radical (unpaired) electrons. The fourth-order valence-corrected chi connectivity index (χ4v) is 8.70. The highest BCUT2D eigenvalue weighted by Gasteiger charge is 2.44. The van der Waals surface area contributed by atoms with Gasteiger partial charge in [-0.15, -0.1) is 0 Å². The van der Waals surface area contributed by atoms with Gasteiger partial charge in [0.2, 0.25) is 0 Å². The molecule has 3 aromatic carbocycles. The maximum absolute atomic E-state index is 2.53. The lowest BCUT2D eigenvalue weighted by atomic mass is 10.1. The van der Waals surface area contributed by atoms with E-state index in [4.69, 9.17) is 0 Å². The van der Waals surface area contributed by atoms with Crippen LogP contribution in [-0.2, 0) is 0 Å². The summed E-state index contributed by atoms with van der Waals surface area (Å²) >= 11 is 0. The summed E-state index contributed by atoms with van der Waals surface area (Å²) in [5, 5.41) is 4.35. The Morgan fingerprint density at radius 1 is 0.556 bits per heavy atom. The third-order valence-electron chi connectivity index (χ3n) is 6.93. The lowest BCUT2D eigenvalue weighted by Crippen LogP contribution is -3.00. The monoisotopic (exact) mass is 516 g/mol. The Morgan fingerprint density at radius 2 is 0.917 bits per heavy atom. The zero-order chi connectivity index (χ0) is 24.9. The highest BCUT2D eigenvalue weighted by Crippen LogP contribution is 2.55. The van der Waals surface area contributed by atoms with Gasteiger partial charge in [-0.25, -0.2) is 0 Å². The molecule has 0 aliphatic rings. The molecule has 0 saturated carbocycles. The first kappa shape index (κ1) is 29.8. The minimum Gasteiger partial charge on any atom is -1.00 e. The van der Waals surface area contributed by atoms with E-state index in [2.05, 4.69) is 137 Å². The summed E-state index contributed by atoms with van der Waals surface area (Å²) < 4.78 is 0. The maximum atomic E-state index is 2.53. The van der Waals surface area contributed by atoms with Crippen molar-refractivity contribution in [3.63, 3.8) is 0 Å². The zero-order valence-corrected chi connectivity index (χ0v) is 24.1. The van der Waals surface area contributed by atoms with E-state index in [1.54, 1.807) is 0 Å². The van der Waals surface area contributed by atoms with Crippen LogP contribution in [0.1, 0.15) is 59.8 Å². The molecule has 0 heterocycles. The van der Waals surface area contributed by atoms with Crippen molar-refractivity contribution >= 4 is 23.2 Å². The van der Waals surface area contributed by atoms with Crippen LogP contribution in [0, 0.1) is 0 Å². The zero-order valence-electron chi connectivity index (χ0n) is 22.5. The van der Waals surface area contributed by atoms with Gasteiger partial charge >= 0.3 is 0 Å². The average Bonchev–Trinajstić information content (AvgIpc) is 2.91. The first-order chi connectivity index (χ1) is 17.1. The van der Waals surface area contributed by atoms with Crippen molar-refractivity contribution in [2.75, 3.05) is 6.16 Å². The van der Waals surface area contributed by atoms with Gasteiger partial charge in [0.1, 0.15) is 23.2 Å². The molecule has 190 valence electrons. The standard InChI is InChI=1S/C34H42P.ClH/c1-5-29(2)17-15-18-30(3)19-16-20-31(4)27-28-35(32-21-9-6-10-22-32,33-23-11-7-12-24-33)34-25-13-8-14-26-34;/h6-14,17,19,21-27H,5,15-16,18,20,28H2,1-4H3;1H/q+1;/p-1. The van der Waals surface area contributed by atoms with Crippen LogP contribution < -0.4 is 28.3 Å². The Balaban J connectivity index is 0.00000456. The average molecular weight is 517 g/mol. The van der Waals surface area contributed by atoms with Crippen LogP contribution in [0.3, 0.4) is 0 Å². The van der Waals surface area contributed by atoms with Crippen molar-refractivity contribution in [1.82, 2.24) is 0 Å². The van der Waals surface area contributed by atoms with Crippen LogP contribution in [-0.4, -0.2) is 6.16 Å². The van der Waals surface area contributed by atoms with E-state index in [1.807, 2.05) is 0 Å². The van der Waals surface area contributed by atoms with Crippen molar-refractivity contribution in [2.24, 2.45) is 0 Å². The Bertz CT molecular complexity index is 1010. The van der Waals surface area contributed by atoms with E-state index in [9.17, 15) is 0 Å². The van der Waals surface area contributed by atoms with Crippen molar-refractivity contribution in [3.05, 3.63) is 126 Å². The SMILES string of the molecule is CCC(C)=CCCC(C)=CCCC(C)=CC[P+](c1ccccc1)(c1ccccc1)c1ccccc1.[Cl-]. The molecule has 0 amide bonds. The van der Waals surface area contributed by atoms with E-state index in [1.165, 1.54) is 39.1 Å². The second-order valence-electron chi connectivity index (χ2n) is 9.58. The molecule has 0 aliphatic heterocycles. The van der Waals surface area contributed by atoms with Crippen LogP contribution in [0.2, 0.25) is 0 Å². The Hall–Kier alpha value is -2.40. The molecule has 0 aliphatic carbocycles. The molecule has 0 nitrogen and oxygen atoms in total. The molecule has 0 fully saturated rings. The summed E-state index contributed by atoms with van der Waals surface area (Å²) in [5.74, 6) is 0. The summed E-state index contributed by atoms with van der Waals surface area (Å²) in [6.07, 6.45) is 14.2. The first-order valence-electron chi connectivity index (χ1n) is 13.1. The van der Waals surface area contributed by atoms with Gasteiger partial charge in [0.15, 0.2) is 0 Å². The number of benzene rings is 3. The van der Waals surface area contributed by atoms with Crippen LogP contribution in [0.5, 0.6) is 0 Å². The highest BCUT2D eigenvalue weighted by atomic mass is 35.5. The smallest absolute Gasteiger partial charge is 0.115 e. The molecule has 0 unspecified atom stereocenters. The molecule has 0 bridgehead atoms. The van der Waals surface area contributed by atoms with Gasteiger partial charge in [-0.05, 0) is 95.3 Å². The first-order valence-corrected chi connectivity index (χ1v) is 15.1. The topological polar surface area (TPSA) is 0 Å².